The zero-order valence-corrected chi connectivity index (χ0v) is 14.2. The molecule has 2 aromatic heterocycles. The minimum Gasteiger partial charge on any atom is -0.479 e. The maximum atomic E-state index is 9.98. The number of rotatable bonds is 3. The summed E-state index contributed by atoms with van der Waals surface area (Å²) in [5, 5.41) is 20.1. The Morgan fingerprint density at radius 2 is 2.04 bits per heavy atom. The van der Waals surface area contributed by atoms with Gasteiger partial charge in [0.15, 0.2) is 5.69 Å². The Labute approximate surface area is 148 Å². The number of benzene rings is 1. The van der Waals surface area contributed by atoms with E-state index < -0.39 is 0 Å². The van der Waals surface area contributed by atoms with Gasteiger partial charge in [-0.2, -0.15) is 5.26 Å². The molecule has 0 saturated carbocycles. The molecule has 0 unspecified atom stereocenters. The molecule has 1 aliphatic rings. The van der Waals surface area contributed by atoms with E-state index in [1.165, 1.54) is 11.1 Å². The summed E-state index contributed by atoms with van der Waals surface area (Å²) in [6.07, 6.45) is 5.69. The van der Waals surface area contributed by atoms with E-state index in [1.807, 2.05) is 30.3 Å². The van der Waals surface area contributed by atoms with Crippen LogP contribution >= 0.6 is 11.3 Å². The van der Waals surface area contributed by atoms with Crippen molar-refractivity contribution in [2.24, 2.45) is 4.99 Å². The van der Waals surface area contributed by atoms with Gasteiger partial charge in [0, 0.05) is 10.4 Å². The number of hydrogen-bond donors (Lipinski definition) is 1. The summed E-state index contributed by atoms with van der Waals surface area (Å²) < 4.78 is 5.32. The molecule has 0 bridgehead atoms. The molecular formula is C19H15N3O2S. The fourth-order valence-electron chi connectivity index (χ4n) is 2.99. The van der Waals surface area contributed by atoms with Crippen LogP contribution in [-0.4, -0.2) is 16.3 Å². The van der Waals surface area contributed by atoms with Crippen molar-refractivity contribution in [1.82, 2.24) is 4.98 Å². The first kappa shape index (κ1) is 15.6. The number of thiophene rings is 1. The normalized spacial score (nSPS) is 13.7. The van der Waals surface area contributed by atoms with Crippen LogP contribution in [0.4, 0.5) is 5.00 Å². The van der Waals surface area contributed by atoms with Crippen LogP contribution in [0.2, 0.25) is 0 Å². The van der Waals surface area contributed by atoms with E-state index in [-0.39, 0.29) is 11.6 Å². The Kier molecular flexibility index (Phi) is 4.08. The minimum absolute atomic E-state index is 0.258. The lowest BCUT2D eigenvalue weighted by molar-refractivity contribution is 0.337. The fourth-order valence-corrected chi connectivity index (χ4v) is 4.17. The number of hydrogen-bond acceptors (Lipinski definition) is 6. The zero-order valence-electron chi connectivity index (χ0n) is 13.4. The second-order valence-electron chi connectivity index (χ2n) is 5.84. The van der Waals surface area contributed by atoms with Crippen LogP contribution in [0.3, 0.4) is 0 Å². The predicted octanol–water partition coefficient (Wildman–Crippen LogP) is 4.61. The first-order valence-corrected chi connectivity index (χ1v) is 8.92. The van der Waals surface area contributed by atoms with Crippen LogP contribution in [0.25, 0.3) is 11.5 Å². The van der Waals surface area contributed by atoms with Gasteiger partial charge >= 0.3 is 5.95 Å². The first-order valence-electron chi connectivity index (χ1n) is 8.10. The van der Waals surface area contributed by atoms with E-state index >= 15 is 0 Å². The Bertz CT molecular complexity index is 980. The Balaban J connectivity index is 1.66. The molecule has 0 spiro atoms. The van der Waals surface area contributed by atoms with Gasteiger partial charge in [-0.25, -0.2) is 9.98 Å². The highest BCUT2D eigenvalue weighted by Crippen LogP contribution is 2.39. The molecule has 0 amide bonds. The van der Waals surface area contributed by atoms with Gasteiger partial charge in [-0.15, -0.1) is 11.3 Å². The van der Waals surface area contributed by atoms with Crippen LogP contribution in [0, 0.1) is 11.3 Å². The van der Waals surface area contributed by atoms with Gasteiger partial charge in [0.1, 0.15) is 11.1 Å². The van der Waals surface area contributed by atoms with Crippen molar-refractivity contribution >= 4 is 22.6 Å². The lowest BCUT2D eigenvalue weighted by atomic mass is 9.96. The Morgan fingerprint density at radius 3 is 2.84 bits per heavy atom. The van der Waals surface area contributed by atoms with Crippen molar-refractivity contribution in [2.75, 3.05) is 0 Å². The molecule has 0 fully saturated rings. The molecule has 6 heteroatoms. The maximum absolute atomic E-state index is 9.98. The minimum atomic E-state index is -0.276. The van der Waals surface area contributed by atoms with Gasteiger partial charge < -0.3 is 9.52 Å². The second kappa shape index (κ2) is 6.54. The summed E-state index contributed by atoms with van der Waals surface area (Å²) in [4.78, 5) is 9.95. The topological polar surface area (TPSA) is 82.4 Å². The largest absolute Gasteiger partial charge is 0.479 e. The molecule has 2 heterocycles. The molecule has 0 radical (unpaired) electrons. The zero-order chi connectivity index (χ0) is 17.2. The standard InChI is InChI=1S/C19H15N3O2S/c20-10-14-13-8-4-5-9-16(13)25-18(14)21-11-15-19(23)24-17(22-15)12-6-2-1-3-7-12/h1-3,6-7,11,23H,4-5,8-9H2/b21-11+. The number of aryl methyl sites for hydroxylation is 1. The molecular weight excluding hydrogens is 334 g/mol. The van der Waals surface area contributed by atoms with Crippen molar-refractivity contribution < 1.29 is 9.52 Å². The van der Waals surface area contributed by atoms with E-state index in [9.17, 15) is 10.4 Å². The molecule has 0 saturated heterocycles. The van der Waals surface area contributed by atoms with Crippen LogP contribution < -0.4 is 0 Å². The molecule has 1 aliphatic carbocycles. The third kappa shape index (κ3) is 2.94. The van der Waals surface area contributed by atoms with Gasteiger partial charge in [0.05, 0.1) is 11.8 Å². The number of aromatic nitrogens is 1. The maximum Gasteiger partial charge on any atom is 0.312 e. The molecule has 1 aromatic carbocycles. The van der Waals surface area contributed by atoms with Gasteiger partial charge in [0.25, 0.3) is 0 Å². The van der Waals surface area contributed by atoms with Crippen molar-refractivity contribution in [1.29, 1.82) is 5.26 Å². The summed E-state index contributed by atoms with van der Waals surface area (Å²) in [5.41, 5.74) is 2.83. The number of aromatic hydroxyl groups is 1. The van der Waals surface area contributed by atoms with Gasteiger partial charge in [-0.3, -0.25) is 0 Å². The molecule has 5 nitrogen and oxygen atoms in total. The highest BCUT2D eigenvalue weighted by molar-refractivity contribution is 7.16. The highest BCUT2D eigenvalue weighted by Gasteiger charge is 2.20. The van der Waals surface area contributed by atoms with E-state index in [4.69, 9.17) is 4.42 Å². The van der Waals surface area contributed by atoms with Crippen LogP contribution in [-0.2, 0) is 12.8 Å². The number of nitrogens with zero attached hydrogens (tertiary/aromatic N) is 3. The summed E-state index contributed by atoms with van der Waals surface area (Å²) in [7, 11) is 0. The Hall–Kier alpha value is -2.91. The summed E-state index contributed by atoms with van der Waals surface area (Å²) in [6.45, 7) is 0. The predicted molar refractivity (Wildman–Crippen MR) is 96.5 cm³/mol. The smallest absolute Gasteiger partial charge is 0.312 e. The molecule has 4 rings (SSSR count). The number of nitriles is 1. The summed E-state index contributed by atoms with van der Waals surface area (Å²) >= 11 is 1.55. The number of oxazole rings is 1. The average Bonchev–Trinajstić information content (AvgIpc) is 3.20. The van der Waals surface area contributed by atoms with E-state index in [1.54, 1.807) is 11.3 Å². The second-order valence-corrected chi connectivity index (χ2v) is 6.92. The summed E-state index contributed by atoms with van der Waals surface area (Å²) in [5.74, 6) is 0.0629. The van der Waals surface area contributed by atoms with Crippen LogP contribution in [0.5, 0.6) is 5.95 Å². The summed E-state index contributed by atoms with van der Waals surface area (Å²) in [6, 6.07) is 11.6. The first-order chi connectivity index (χ1) is 12.3. The van der Waals surface area contributed by atoms with Gasteiger partial charge in [-0.1, -0.05) is 18.2 Å². The third-order valence-electron chi connectivity index (χ3n) is 4.22. The number of aliphatic imine (C=N–C) groups is 1. The molecule has 25 heavy (non-hydrogen) atoms. The SMILES string of the molecule is N#Cc1c(/N=C/c2nc(-c3ccccc3)oc2O)sc2c1CCCC2. The molecule has 124 valence electrons. The van der Waals surface area contributed by atoms with Crippen molar-refractivity contribution in [3.8, 4) is 23.5 Å². The monoisotopic (exact) mass is 349 g/mol. The van der Waals surface area contributed by atoms with E-state index in [0.717, 1.165) is 36.8 Å². The van der Waals surface area contributed by atoms with Crippen molar-refractivity contribution in [3.63, 3.8) is 0 Å². The van der Waals surface area contributed by atoms with E-state index in [0.29, 0.717) is 16.5 Å². The average molecular weight is 349 g/mol. The fraction of sp³-hybridized carbons (Fsp3) is 0.211. The van der Waals surface area contributed by atoms with E-state index in [2.05, 4.69) is 16.0 Å². The lowest BCUT2D eigenvalue weighted by Crippen LogP contribution is -1.99. The van der Waals surface area contributed by atoms with Crippen LogP contribution in [0.1, 0.15) is 34.5 Å². The molecule has 0 atom stereocenters. The van der Waals surface area contributed by atoms with Gasteiger partial charge in [-0.05, 0) is 43.4 Å². The van der Waals surface area contributed by atoms with Crippen LogP contribution in [0.15, 0.2) is 39.7 Å². The number of fused-ring (bicyclic) bond motifs is 1. The molecule has 1 N–H and O–H groups in total. The third-order valence-corrected chi connectivity index (χ3v) is 5.42. The quantitative estimate of drug-likeness (QED) is 0.700. The van der Waals surface area contributed by atoms with Crippen molar-refractivity contribution in [2.45, 2.75) is 25.7 Å². The lowest BCUT2D eigenvalue weighted by Gasteiger charge is -2.09. The Morgan fingerprint density at radius 1 is 1.24 bits per heavy atom. The molecule has 3 aromatic rings. The molecule has 0 aliphatic heterocycles. The van der Waals surface area contributed by atoms with Gasteiger partial charge in [0.2, 0.25) is 5.89 Å². The van der Waals surface area contributed by atoms with Crippen molar-refractivity contribution in [3.05, 3.63) is 52.0 Å². The highest BCUT2D eigenvalue weighted by atomic mass is 32.1.